The molecule has 2 aliphatic rings. The van der Waals surface area contributed by atoms with Crippen LogP contribution in [0.4, 0.5) is 5.69 Å². The van der Waals surface area contributed by atoms with Crippen molar-refractivity contribution >= 4 is 27.3 Å². The third-order valence-electron chi connectivity index (χ3n) is 4.76. The summed E-state index contributed by atoms with van der Waals surface area (Å²) < 4.78 is 23.8. The van der Waals surface area contributed by atoms with Crippen molar-refractivity contribution in [2.24, 2.45) is 11.7 Å². The maximum Gasteiger partial charge on any atom is 0.256 e. The van der Waals surface area contributed by atoms with E-state index in [4.69, 9.17) is 5.73 Å². The second-order valence-electron chi connectivity index (χ2n) is 7.21. The first-order chi connectivity index (χ1) is 11.6. The lowest BCUT2D eigenvalue weighted by molar-refractivity contribution is -0.122. The van der Waals surface area contributed by atoms with Gasteiger partial charge >= 0.3 is 0 Å². The number of hydrogen-bond acceptors (Lipinski definition) is 5. The van der Waals surface area contributed by atoms with Crippen LogP contribution in [0.15, 0.2) is 23.1 Å². The minimum atomic E-state index is -3.45. The molecule has 1 saturated heterocycles. The van der Waals surface area contributed by atoms with Gasteiger partial charge in [-0.3, -0.25) is 9.59 Å². The summed E-state index contributed by atoms with van der Waals surface area (Å²) in [7, 11) is -3.45. The van der Waals surface area contributed by atoms with E-state index in [-0.39, 0.29) is 28.4 Å². The topological polar surface area (TPSA) is 110 Å². The molecule has 2 amide bonds. The molecule has 2 fully saturated rings. The zero-order valence-corrected chi connectivity index (χ0v) is 15.3. The van der Waals surface area contributed by atoms with Gasteiger partial charge in [0.2, 0.25) is 5.91 Å². The Labute approximate surface area is 147 Å². The average Bonchev–Trinajstić information content (AvgIpc) is 3.15. The molecule has 0 aromatic heterocycles. The van der Waals surface area contributed by atoms with Gasteiger partial charge in [0.1, 0.15) is 6.04 Å². The SMILES string of the molecule is CC(C)Nc1ccc(S(C)(=O)=O)cc1C(=O)N1C(C(N)=O)CC2CC21. The number of nitrogens with zero attached hydrogens (tertiary/aromatic N) is 1. The summed E-state index contributed by atoms with van der Waals surface area (Å²) in [6, 6.07) is 3.94. The number of nitrogens with two attached hydrogens (primary N) is 1. The van der Waals surface area contributed by atoms with Crippen molar-refractivity contribution in [2.75, 3.05) is 11.6 Å². The normalized spacial score (nSPS) is 25.0. The van der Waals surface area contributed by atoms with Crippen molar-refractivity contribution in [1.82, 2.24) is 4.90 Å². The summed E-state index contributed by atoms with van der Waals surface area (Å²) in [4.78, 5) is 26.5. The van der Waals surface area contributed by atoms with E-state index < -0.39 is 21.8 Å². The molecule has 0 bridgehead atoms. The number of primary amides is 1. The zero-order valence-electron chi connectivity index (χ0n) is 14.5. The number of amides is 2. The van der Waals surface area contributed by atoms with Crippen LogP contribution >= 0.6 is 0 Å². The molecule has 8 heteroatoms. The summed E-state index contributed by atoms with van der Waals surface area (Å²) in [6.07, 6.45) is 2.56. The number of rotatable bonds is 5. The molecule has 1 aromatic rings. The molecule has 3 atom stereocenters. The molecule has 1 heterocycles. The smallest absolute Gasteiger partial charge is 0.256 e. The van der Waals surface area contributed by atoms with Crippen LogP contribution in [0, 0.1) is 5.92 Å². The maximum atomic E-state index is 13.2. The van der Waals surface area contributed by atoms with E-state index in [1.165, 1.54) is 12.1 Å². The fraction of sp³-hybridized carbons (Fsp3) is 0.529. The van der Waals surface area contributed by atoms with Gasteiger partial charge in [-0.25, -0.2) is 8.42 Å². The second-order valence-corrected chi connectivity index (χ2v) is 9.22. The van der Waals surface area contributed by atoms with Crippen molar-refractivity contribution in [3.63, 3.8) is 0 Å². The van der Waals surface area contributed by atoms with Crippen LogP contribution in [-0.4, -0.2) is 49.5 Å². The van der Waals surface area contributed by atoms with Crippen LogP contribution in [0.1, 0.15) is 37.0 Å². The van der Waals surface area contributed by atoms with Gasteiger partial charge in [0.25, 0.3) is 5.91 Å². The molecule has 1 aliphatic carbocycles. The minimum absolute atomic E-state index is 0.0267. The molecular formula is C17H23N3O4S. The number of carbonyl (C=O) groups is 2. The van der Waals surface area contributed by atoms with Gasteiger partial charge in [-0.15, -0.1) is 0 Å². The first kappa shape index (κ1) is 17.7. The Balaban J connectivity index is 2.04. The summed E-state index contributed by atoms with van der Waals surface area (Å²) >= 11 is 0. The number of nitrogens with one attached hydrogen (secondary N) is 1. The molecule has 3 rings (SSSR count). The lowest BCUT2D eigenvalue weighted by Gasteiger charge is -2.27. The number of benzene rings is 1. The number of fused-ring (bicyclic) bond motifs is 1. The number of sulfone groups is 1. The molecule has 25 heavy (non-hydrogen) atoms. The highest BCUT2D eigenvalue weighted by Crippen LogP contribution is 2.48. The molecule has 136 valence electrons. The summed E-state index contributed by atoms with van der Waals surface area (Å²) in [6.45, 7) is 3.86. The molecule has 1 saturated carbocycles. The number of hydrogen-bond donors (Lipinski definition) is 2. The molecule has 1 aliphatic heterocycles. The predicted octanol–water partition coefficient (Wildman–Crippen LogP) is 0.999. The third-order valence-corrected chi connectivity index (χ3v) is 5.87. The number of likely N-dealkylation sites (tertiary alicyclic amines) is 1. The Kier molecular flexibility index (Phi) is 4.26. The van der Waals surface area contributed by atoms with Crippen molar-refractivity contribution in [1.29, 1.82) is 0 Å². The van der Waals surface area contributed by atoms with E-state index in [9.17, 15) is 18.0 Å². The first-order valence-corrected chi connectivity index (χ1v) is 10.2. The summed E-state index contributed by atoms with van der Waals surface area (Å²) in [5, 5.41) is 3.17. The van der Waals surface area contributed by atoms with Crippen LogP contribution in [-0.2, 0) is 14.6 Å². The molecular weight excluding hydrogens is 342 g/mol. The van der Waals surface area contributed by atoms with Crippen molar-refractivity contribution < 1.29 is 18.0 Å². The van der Waals surface area contributed by atoms with Gasteiger partial charge in [-0.2, -0.15) is 0 Å². The second kappa shape index (κ2) is 6.01. The van der Waals surface area contributed by atoms with Gasteiger partial charge < -0.3 is 16.0 Å². The fourth-order valence-electron chi connectivity index (χ4n) is 3.51. The minimum Gasteiger partial charge on any atom is -0.382 e. The average molecular weight is 365 g/mol. The Hall–Kier alpha value is -2.09. The quantitative estimate of drug-likeness (QED) is 0.809. The van der Waals surface area contributed by atoms with Crippen LogP contribution < -0.4 is 11.1 Å². The molecule has 1 aromatic carbocycles. The molecule has 0 radical (unpaired) electrons. The summed E-state index contributed by atoms with van der Waals surface area (Å²) in [5.74, 6) is -0.540. The lowest BCUT2D eigenvalue weighted by Crippen LogP contribution is -2.46. The van der Waals surface area contributed by atoms with Gasteiger partial charge in [0.05, 0.1) is 10.5 Å². The van der Waals surface area contributed by atoms with Crippen LogP contribution in [0.5, 0.6) is 0 Å². The first-order valence-electron chi connectivity index (χ1n) is 8.32. The summed E-state index contributed by atoms with van der Waals surface area (Å²) in [5.41, 5.74) is 6.28. The van der Waals surface area contributed by atoms with E-state index >= 15 is 0 Å². The van der Waals surface area contributed by atoms with Crippen molar-refractivity contribution in [3.05, 3.63) is 23.8 Å². The molecule has 3 N–H and O–H groups in total. The fourth-order valence-corrected chi connectivity index (χ4v) is 4.16. The van der Waals surface area contributed by atoms with E-state index in [1.54, 1.807) is 11.0 Å². The van der Waals surface area contributed by atoms with E-state index in [0.717, 1.165) is 12.7 Å². The number of piperidine rings is 1. The highest BCUT2D eigenvalue weighted by molar-refractivity contribution is 7.90. The van der Waals surface area contributed by atoms with E-state index in [1.807, 2.05) is 13.8 Å². The molecule has 3 unspecified atom stereocenters. The Morgan fingerprint density at radius 2 is 1.96 bits per heavy atom. The van der Waals surface area contributed by atoms with Gasteiger partial charge in [-0.1, -0.05) is 0 Å². The highest BCUT2D eigenvalue weighted by atomic mass is 32.2. The van der Waals surface area contributed by atoms with Gasteiger partial charge in [0, 0.05) is 24.0 Å². The van der Waals surface area contributed by atoms with E-state index in [2.05, 4.69) is 5.32 Å². The van der Waals surface area contributed by atoms with Crippen LogP contribution in [0.2, 0.25) is 0 Å². The largest absolute Gasteiger partial charge is 0.382 e. The highest BCUT2D eigenvalue weighted by Gasteiger charge is 2.55. The van der Waals surface area contributed by atoms with Crippen molar-refractivity contribution in [3.8, 4) is 0 Å². The van der Waals surface area contributed by atoms with E-state index in [0.29, 0.717) is 18.0 Å². The molecule has 0 spiro atoms. The lowest BCUT2D eigenvalue weighted by atomic mass is 10.1. The Morgan fingerprint density at radius 1 is 1.28 bits per heavy atom. The molecule has 7 nitrogen and oxygen atoms in total. The Morgan fingerprint density at radius 3 is 2.52 bits per heavy atom. The monoisotopic (exact) mass is 365 g/mol. The third kappa shape index (κ3) is 3.35. The van der Waals surface area contributed by atoms with Gasteiger partial charge in [-0.05, 0) is 50.8 Å². The Bertz CT molecular complexity index is 834. The van der Waals surface area contributed by atoms with Gasteiger partial charge in [0.15, 0.2) is 9.84 Å². The van der Waals surface area contributed by atoms with Crippen LogP contribution in [0.3, 0.4) is 0 Å². The maximum absolute atomic E-state index is 13.2. The number of anilines is 1. The number of carbonyl (C=O) groups excluding carboxylic acids is 2. The van der Waals surface area contributed by atoms with Crippen LogP contribution in [0.25, 0.3) is 0 Å². The zero-order chi connectivity index (χ0) is 18.5. The predicted molar refractivity (Wildman–Crippen MR) is 94.0 cm³/mol. The van der Waals surface area contributed by atoms with Crippen molar-refractivity contribution in [2.45, 2.75) is 49.7 Å². The standard InChI is InChI=1S/C17H23N3O4S/c1-9(2)19-13-5-4-11(25(3,23)24)8-12(13)17(22)20-14-6-10(14)7-15(20)16(18)21/h4-5,8-10,14-15,19H,6-7H2,1-3H3,(H2,18,21).